The average molecular weight is 350 g/mol. The van der Waals surface area contributed by atoms with Gasteiger partial charge in [-0.05, 0) is 42.8 Å². The number of hydrogen-bond acceptors (Lipinski definition) is 4. The number of rotatable bonds is 8. The van der Waals surface area contributed by atoms with E-state index in [1.165, 1.54) is 0 Å². The topological polar surface area (TPSA) is 68.2 Å². The highest BCUT2D eigenvalue weighted by Gasteiger charge is 2.05. The van der Waals surface area contributed by atoms with E-state index in [1.807, 2.05) is 59.3 Å². The first-order valence-corrected chi connectivity index (χ1v) is 8.50. The first-order valence-electron chi connectivity index (χ1n) is 8.50. The van der Waals surface area contributed by atoms with Gasteiger partial charge in [0.15, 0.2) is 0 Å². The Morgan fingerprint density at radius 1 is 1.15 bits per heavy atom. The molecule has 6 heteroatoms. The lowest BCUT2D eigenvalue weighted by molar-refractivity contribution is 0.0953. The molecule has 0 aliphatic carbocycles. The summed E-state index contributed by atoms with van der Waals surface area (Å²) in [5.74, 6) is 0.727. The van der Waals surface area contributed by atoms with E-state index in [4.69, 9.17) is 4.74 Å². The summed E-state index contributed by atoms with van der Waals surface area (Å²) in [6, 6.07) is 15.1. The Labute approximate surface area is 152 Å². The largest absolute Gasteiger partial charge is 0.497 e. The first kappa shape index (κ1) is 17.5. The third-order valence-electron chi connectivity index (χ3n) is 3.94. The molecule has 0 bridgehead atoms. The van der Waals surface area contributed by atoms with E-state index in [0.29, 0.717) is 12.1 Å². The molecule has 3 rings (SSSR count). The van der Waals surface area contributed by atoms with E-state index in [1.54, 1.807) is 19.6 Å². The number of anilines is 2. The van der Waals surface area contributed by atoms with Gasteiger partial charge in [-0.3, -0.25) is 4.79 Å². The number of amides is 1. The summed E-state index contributed by atoms with van der Waals surface area (Å²) in [4.78, 5) is 16.2. The van der Waals surface area contributed by atoms with Crippen molar-refractivity contribution >= 4 is 17.3 Å². The van der Waals surface area contributed by atoms with Crippen molar-refractivity contribution in [3.05, 3.63) is 72.8 Å². The number of aryl methyl sites for hydroxylation is 1. The van der Waals surface area contributed by atoms with E-state index < -0.39 is 0 Å². The van der Waals surface area contributed by atoms with Crippen LogP contribution >= 0.6 is 0 Å². The molecular weight excluding hydrogens is 328 g/mol. The van der Waals surface area contributed by atoms with Crippen LogP contribution in [0.25, 0.3) is 0 Å². The second kappa shape index (κ2) is 8.71. The minimum absolute atomic E-state index is 0.0661. The molecule has 0 aliphatic heterocycles. The Morgan fingerprint density at radius 3 is 2.73 bits per heavy atom. The highest BCUT2D eigenvalue weighted by atomic mass is 16.5. The summed E-state index contributed by atoms with van der Waals surface area (Å²) in [6.07, 6.45) is 6.29. The molecule has 6 nitrogen and oxygen atoms in total. The zero-order valence-electron chi connectivity index (χ0n) is 14.7. The summed E-state index contributed by atoms with van der Waals surface area (Å²) in [5, 5.41) is 6.23. The molecule has 2 N–H and O–H groups in total. The quantitative estimate of drug-likeness (QED) is 0.611. The predicted molar refractivity (Wildman–Crippen MR) is 102 cm³/mol. The van der Waals surface area contributed by atoms with Gasteiger partial charge in [0.2, 0.25) is 0 Å². The van der Waals surface area contributed by atoms with Crippen LogP contribution in [0.4, 0.5) is 11.4 Å². The molecule has 0 fully saturated rings. The normalized spacial score (nSPS) is 10.3. The van der Waals surface area contributed by atoms with E-state index in [9.17, 15) is 4.79 Å². The van der Waals surface area contributed by atoms with Crippen LogP contribution in [-0.2, 0) is 6.54 Å². The minimum atomic E-state index is -0.0661. The van der Waals surface area contributed by atoms with Crippen molar-refractivity contribution in [3.8, 4) is 5.75 Å². The molecule has 3 aromatic rings. The number of hydrogen-bond donors (Lipinski definition) is 2. The summed E-state index contributed by atoms with van der Waals surface area (Å²) in [6.45, 7) is 1.46. The zero-order chi connectivity index (χ0) is 18.2. The standard InChI is InChI=1S/C20H22N4O2/c1-26-19-5-2-4-18(14-19)23-17-8-6-16(7-9-17)20(25)22-10-3-12-24-13-11-21-15-24/h2,4-9,11,13-15,23H,3,10,12H2,1H3,(H,22,25). The van der Waals surface area contributed by atoms with Gasteiger partial charge in [0.25, 0.3) is 5.91 Å². The maximum absolute atomic E-state index is 12.2. The van der Waals surface area contributed by atoms with Gasteiger partial charge in [-0.15, -0.1) is 0 Å². The van der Waals surface area contributed by atoms with Gasteiger partial charge < -0.3 is 19.9 Å². The third kappa shape index (κ3) is 4.86. The lowest BCUT2D eigenvalue weighted by atomic mass is 10.2. The maximum Gasteiger partial charge on any atom is 0.251 e. The number of methoxy groups -OCH3 is 1. The second-order valence-corrected chi connectivity index (χ2v) is 5.84. The van der Waals surface area contributed by atoms with Crippen molar-refractivity contribution in [2.24, 2.45) is 0 Å². The zero-order valence-corrected chi connectivity index (χ0v) is 14.7. The number of nitrogens with zero attached hydrogens (tertiary/aromatic N) is 2. The molecule has 0 unspecified atom stereocenters. The van der Waals surface area contributed by atoms with Crippen molar-refractivity contribution < 1.29 is 9.53 Å². The van der Waals surface area contributed by atoms with E-state index in [2.05, 4.69) is 15.6 Å². The van der Waals surface area contributed by atoms with Crippen LogP contribution in [-0.4, -0.2) is 29.1 Å². The van der Waals surface area contributed by atoms with Crippen LogP contribution in [0.3, 0.4) is 0 Å². The molecule has 1 heterocycles. The molecule has 0 radical (unpaired) electrons. The summed E-state index contributed by atoms with van der Waals surface area (Å²) in [7, 11) is 1.64. The lowest BCUT2D eigenvalue weighted by Gasteiger charge is -2.09. The molecule has 1 amide bonds. The first-order chi connectivity index (χ1) is 12.7. The minimum Gasteiger partial charge on any atom is -0.497 e. The van der Waals surface area contributed by atoms with Gasteiger partial charge in [-0.2, -0.15) is 0 Å². The molecule has 134 valence electrons. The van der Waals surface area contributed by atoms with Gasteiger partial charge in [0.1, 0.15) is 5.75 Å². The van der Waals surface area contributed by atoms with Crippen LogP contribution in [0, 0.1) is 0 Å². The van der Waals surface area contributed by atoms with Crippen LogP contribution in [0.5, 0.6) is 5.75 Å². The van der Waals surface area contributed by atoms with Crippen molar-refractivity contribution in [2.45, 2.75) is 13.0 Å². The molecule has 0 saturated heterocycles. The monoisotopic (exact) mass is 350 g/mol. The lowest BCUT2D eigenvalue weighted by Crippen LogP contribution is -2.25. The van der Waals surface area contributed by atoms with E-state index in [0.717, 1.165) is 30.1 Å². The molecule has 0 saturated carbocycles. The van der Waals surface area contributed by atoms with Crippen molar-refractivity contribution in [3.63, 3.8) is 0 Å². The Bertz CT molecular complexity index is 829. The molecule has 0 spiro atoms. The van der Waals surface area contributed by atoms with Crippen LogP contribution in [0.15, 0.2) is 67.3 Å². The predicted octanol–water partition coefficient (Wildman–Crippen LogP) is 3.46. The average Bonchev–Trinajstić information content (AvgIpc) is 3.19. The highest BCUT2D eigenvalue weighted by molar-refractivity contribution is 5.94. The second-order valence-electron chi connectivity index (χ2n) is 5.84. The van der Waals surface area contributed by atoms with Gasteiger partial charge in [-0.1, -0.05) is 6.07 Å². The van der Waals surface area contributed by atoms with Gasteiger partial charge in [0.05, 0.1) is 13.4 Å². The fourth-order valence-corrected chi connectivity index (χ4v) is 2.56. The molecule has 26 heavy (non-hydrogen) atoms. The van der Waals surface area contributed by atoms with E-state index in [-0.39, 0.29) is 5.91 Å². The van der Waals surface area contributed by atoms with Crippen LogP contribution in [0.2, 0.25) is 0 Å². The van der Waals surface area contributed by atoms with E-state index >= 15 is 0 Å². The van der Waals surface area contributed by atoms with Crippen molar-refractivity contribution in [1.82, 2.24) is 14.9 Å². The smallest absolute Gasteiger partial charge is 0.251 e. The Morgan fingerprint density at radius 2 is 2.00 bits per heavy atom. The highest BCUT2D eigenvalue weighted by Crippen LogP contribution is 2.21. The summed E-state index contributed by atoms with van der Waals surface area (Å²) >= 11 is 0. The number of imidazole rings is 1. The summed E-state index contributed by atoms with van der Waals surface area (Å²) < 4.78 is 7.21. The molecular formula is C20H22N4O2. The van der Waals surface area contributed by atoms with Gasteiger partial charge in [-0.25, -0.2) is 4.98 Å². The van der Waals surface area contributed by atoms with Crippen LogP contribution in [0.1, 0.15) is 16.8 Å². The number of carbonyl (C=O) groups is 1. The Balaban J connectivity index is 1.49. The molecule has 2 aromatic carbocycles. The number of carbonyl (C=O) groups excluding carboxylic acids is 1. The summed E-state index contributed by atoms with van der Waals surface area (Å²) in [5.41, 5.74) is 2.49. The number of nitrogens with one attached hydrogen (secondary N) is 2. The number of benzene rings is 2. The Hall–Kier alpha value is -3.28. The van der Waals surface area contributed by atoms with Crippen molar-refractivity contribution in [2.75, 3.05) is 19.0 Å². The Kier molecular flexibility index (Phi) is 5.88. The molecule has 1 aromatic heterocycles. The SMILES string of the molecule is COc1cccc(Nc2ccc(C(=O)NCCCn3ccnc3)cc2)c1. The van der Waals surface area contributed by atoms with Crippen LogP contribution < -0.4 is 15.4 Å². The van der Waals surface area contributed by atoms with Gasteiger partial charge >= 0.3 is 0 Å². The fraction of sp³-hybridized carbons (Fsp3) is 0.200. The fourth-order valence-electron chi connectivity index (χ4n) is 2.56. The maximum atomic E-state index is 12.2. The third-order valence-corrected chi connectivity index (χ3v) is 3.94. The molecule has 0 aliphatic rings. The van der Waals surface area contributed by atoms with Gasteiger partial charge in [0, 0.05) is 48.5 Å². The molecule has 0 atom stereocenters. The number of ether oxygens (including phenoxy) is 1. The number of aromatic nitrogens is 2. The van der Waals surface area contributed by atoms with Crippen molar-refractivity contribution in [1.29, 1.82) is 0 Å².